The fourth-order valence-corrected chi connectivity index (χ4v) is 1.64. The second kappa shape index (κ2) is 4.53. The standard InChI is InChI=1S/C10H15NO3S/c1-8(2)15(12,13)11-9-4-6-10(14-3)7-5-9/h4-8,11H,1-3H3. The number of rotatable bonds is 4. The van der Waals surface area contributed by atoms with Crippen LogP contribution in [0.25, 0.3) is 0 Å². The lowest BCUT2D eigenvalue weighted by molar-refractivity contribution is 0.415. The first-order chi connectivity index (χ1) is 6.95. The lowest BCUT2D eigenvalue weighted by Gasteiger charge is -2.10. The third-order valence-electron chi connectivity index (χ3n) is 1.97. The van der Waals surface area contributed by atoms with Crippen LogP contribution < -0.4 is 9.46 Å². The van der Waals surface area contributed by atoms with Crippen LogP contribution >= 0.6 is 0 Å². The maximum absolute atomic E-state index is 11.5. The maximum atomic E-state index is 11.5. The molecule has 0 amide bonds. The highest BCUT2D eigenvalue weighted by Gasteiger charge is 2.15. The summed E-state index contributed by atoms with van der Waals surface area (Å²) < 4.78 is 30.5. The fraction of sp³-hybridized carbons (Fsp3) is 0.400. The molecule has 0 heterocycles. The molecule has 0 aliphatic carbocycles. The fourth-order valence-electron chi connectivity index (χ4n) is 0.941. The molecule has 5 heteroatoms. The van der Waals surface area contributed by atoms with Crippen molar-refractivity contribution in [3.63, 3.8) is 0 Å². The number of methoxy groups -OCH3 is 1. The molecule has 0 aromatic heterocycles. The van der Waals surface area contributed by atoms with Gasteiger partial charge in [-0.3, -0.25) is 4.72 Å². The lowest BCUT2D eigenvalue weighted by Crippen LogP contribution is -2.22. The third kappa shape index (κ3) is 3.13. The van der Waals surface area contributed by atoms with Crippen LogP contribution in [0.2, 0.25) is 0 Å². The molecule has 0 atom stereocenters. The van der Waals surface area contributed by atoms with Crippen molar-refractivity contribution in [1.29, 1.82) is 0 Å². The van der Waals surface area contributed by atoms with Gasteiger partial charge in [-0.2, -0.15) is 0 Å². The molecule has 1 aromatic carbocycles. The van der Waals surface area contributed by atoms with E-state index < -0.39 is 15.3 Å². The van der Waals surface area contributed by atoms with E-state index >= 15 is 0 Å². The van der Waals surface area contributed by atoms with E-state index in [2.05, 4.69) is 4.72 Å². The van der Waals surface area contributed by atoms with E-state index in [-0.39, 0.29) is 0 Å². The highest BCUT2D eigenvalue weighted by Crippen LogP contribution is 2.17. The van der Waals surface area contributed by atoms with Crippen molar-refractivity contribution in [1.82, 2.24) is 0 Å². The van der Waals surface area contributed by atoms with E-state index in [1.807, 2.05) is 0 Å². The number of anilines is 1. The van der Waals surface area contributed by atoms with Gasteiger partial charge >= 0.3 is 0 Å². The molecule has 15 heavy (non-hydrogen) atoms. The van der Waals surface area contributed by atoms with Crippen LogP contribution in [0, 0.1) is 0 Å². The minimum atomic E-state index is -3.26. The van der Waals surface area contributed by atoms with Gasteiger partial charge in [0.1, 0.15) is 5.75 Å². The van der Waals surface area contributed by atoms with Crippen molar-refractivity contribution in [3.8, 4) is 5.75 Å². The summed E-state index contributed by atoms with van der Waals surface area (Å²) in [6.45, 7) is 3.26. The minimum Gasteiger partial charge on any atom is -0.497 e. The number of benzene rings is 1. The van der Waals surface area contributed by atoms with Crippen molar-refractivity contribution < 1.29 is 13.2 Å². The number of hydrogen-bond donors (Lipinski definition) is 1. The van der Waals surface area contributed by atoms with E-state index in [0.29, 0.717) is 11.4 Å². The van der Waals surface area contributed by atoms with E-state index in [4.69, 9.17) is 4.74 Å². The molecule has 0 aliphatic rings. The molecule has 4 nitrogen and oxygen atoms in total. The van der Waals surface area contributed by atoms with E-state index in [1.165, 1.54) is 0 Å². The monoisotopic (exact) mass is 229 g/mol. The average Bonchev–Trinajstić information content (AvgIpc) is 2.18. The molecule has 0 bridgehead atoms. The van der Waals surface area contributed by atoms with Gasteiger partial charge in [-0.1, -0.05) is 0 Å². The number of ether oxygens (including phenoxy) is 1. The van der Waals surface area contributed by atoms with E-state index in [1.54, 1.807) is 45.2 Å². The quantitative estimate of drug-likeness (QED) is 0.857. The summed E-state index contributed by atoms with van der Waals surface area (Å²) in [6, 6.07) is 6.74. The summed E-state index contributed by atoms with van der Waals surface area (Å²) in [4.78, 5) is 0. The van der Waals surface area contributed by atoms with Crippen LogP contribution in [0.4, 0.5) is 5.69 Å². The molecular formula is C10H15NO3S. The Balaban J connectivity index is 2.82. The number of sulfonamides is 1. The molecular weight excluding hydrogens is 214 g/mol. The molecule has 0 aliphatic heterocycles. The summed E-state index contributed by atoms with van der Waals surface area (Å²) in [6.07, 6.45) is 0. The SMILES string of the molecule is COc1ccc(NS(=O)(=O)C(C)C)cc1. The Kier molecular flexibility index (Phi) is 3.57. The highest BCUT2D eigenvalue weighted by molar-refractivity contribution is 7.93. The van der Waals surface area contributed by atoms with Crippen LogP contribution in [-0.2, 0) is 10.0 Å². The van der Waals surface area contributed by atoms with Crippen molar-refractivity contribution in [2.24, 2.45) is 0 Å². The molecule has 1 aromatic rings. The van der Waals surface area contributed by atoms with Gasteiger partial charge < -0.3 is 4.74 Å². The Hall–Kier alpha value is -1.23. The summed E-state index contributed by atoms with van der Waals surface area (Å²) in [7, 11) is -1.70. The Morgan fingerprint density at radius 2 is 1.73 bits per heavy atom. The van der Waals surface area contributed by atoms with Crippen LogP contribution in [0.15, 0.2) is 24.3 Å². The third-order valence-corrected chi connectivity index (χ3v) is 3.73. The zero-order valence-electron chi connectivity index (χ0n) is 9.02. The van der Waals surface area contributed by atoms with Gasteiger partial charge in [0.25, 0.3) is 0 Å². The minimum absolute atomic E-state index is 0.445. The zero-order chi connectivity index (χ0) is 11.5. The van der Waals surface area contributed by atoms with Gasteiger partial charge in [0, 0.05) is 5.69 Å². The smallest absolute Gasteiger partial charge is 0.235 e. The highest BCUT2D eigenvalue weighted by atomic mass is 32.2. The first-order valence-electron chi connectivity index (χ1n) is 4.61. The van der Waals surface area contributed by atoms with Crippen LogP contribution in [0.5, 0.6) is 5.75 Å². The maximum Gasteiger partial charge on any atom is 0.235 e. The van der Waals surface area contributed by atoms with Gasteiger partial charge in [-0.05, 0) is 38.1 Å². The topological polar surface area (TPSA) is 55.4 Å². The van der Waals surface area contributed by atoms with Crippen molar-refractivity contribution in [2.45, 2.75) is 19.1 Å². The second-order valence-corrected chi connectivity index (χ2v) is 5.66. The molecule has 1 N–H and O–H groups in total. The molecule has 0 fully saturated rings. The first kappa shape index (κ1) is 11.8. The van der Waals surface area contributed by atoms with Gasteiger partial charge in [0.05, 0.1) is 12.4 Å². The van der Waals surface area contributed by atoms with Crippen LogP contribution in [-0.4, -0.2) is 20.8 Å². The molecule has 0 spiro atoms. The van der Waals surface area contributed by atoms with E-state index in [9.17, 15) is 8.42 Å². The van der Waals surface area contributed by atoms with Crippen molar-refractivity contribution in [2.75, 3.05) is 11.8 Å². The molecule has 0 saturated heterocycles. The zero-order valence-corrected chi connectivity index (χ0v) is 9.84. The largest absolute Gasteiger partial charge is 0.497 e. The molecule has 0 radical (unpaired) electrons. The average molecular weight is 229 g/mol. The van der Waals surface area contributed by atoms with E-state index in [0.717, 1.165) is 0 Å². The van der Waals surface area contributed by atoms with Crippen LogP contribution in [0.3, 0.4) is 0 Å². The Morgan fingerprint density at radius 1 is 1.20 bits per heavy atom. The lowest BCUT2D eigenvalue weighted by atomic mass is 10.3. The molecule has 84 valence electrons. The normalized spacial score (nSPS) is 11.5. The Bertz CT molecular complexity index is 409. The van der Waals surface area contributed by atoms with Gasteiger partial charge in [-0.25, -0.2) is 8.42 Å². The summed E-state index contributed by atoms with van der Waals surface area (Å²) in [5.41, 5.74) is 0.546. The van der Waals surface area contributed by atoms with Crippen LogP contribution in [0.1, 0.15) is 13.8 Å². The van der Waals surface area contributed by atoms with Gasteiger partial charge in [-0.15, -0.1) is 0 Å². The number of nitrogens with one attached hydrogen (secondary N) is 1. The van der Waals surface area contributed by atoms with Gasteiger partial charge in [0.15, 0.2) is 0 Å². The van der Waals surface area contributed by atoms with Crippen molar-refractivity contribution in [3.05, 3.63) is 24.3 Å². The Morgan fingerprint density at radius 3 is 2.13 bits per heavy atom. The summed E-state index contributed by atoms with van der Waals surface area (Å²) in [5.74, 6) is 0.697. The molecule has 0 saturated carbocycles. The molecule has 1 rings (SSSR count). The summed E-state index contributed by atoms with van der Waals surface area (Å²) in [5, 5.41) is -0.445. The van der Waals surface area contributed by atoms with Crippen molar-refractivity contribution >= 4 is 15.7 Å². The predicted molar refractivity (Wildman–Crippen MR) is 60.7 cm³/mol. The number of hydrogen-bond acceptors (Lipinski definition) is 3. The second-order valence-electron chi connectivity index (χ2n) is 3.42. The summed E-state index contributed by atoms with van der Waals surface area (Å²) >= 11 is 0. The molecule has 0 unspecified atom stereocenters. The predicted octanol–water partition coefficient (Wildman–Crippen LogP) is 1.85. The first-order valence-corrected chi connectivity index (χ1v) is 6.16. The van der Waals surface area contributed by atoms with Gasteiger partial charge in [0.2, 0.25) is 10.0 Å². The Labute approximate surface area is 90.3 Å².